The van der Waals surface area contributed by atoms with E-state index in [9.17, 15) is 27.6 Å². The summed E-state index contributed by atoms with van der Waals surface area (Å²) >= 11 is 0. The maximum absolute atomic E-state index is 12.6. The zero-order valence-corrected chi connectivity index (χ0v) is 12.7. The number of hydrogen-bond donors (Lipinski definition) is 0. The normalized spacial score (nSPS) is 19.7. The Morgan fingerprint density at radius 2 is 1.54 bits per heavy atom. The van der Waals surface area contributed by atoms with Gasteiger partial charge in [0.05, 0.1) is 12.1 Å². The number of carbonyl (C=O) groups excluding carboxylic acids is 3. The van der Waals surface area contributed by atoms with Crippen LogP contribution in [0.2, 0.25) is 0 Å². The highest BCUT2D eigenvalue weighted by Gasteiger charge is 2.47. The van der Waals surface area contributed by atoms with E-state index in [0.29, 0.717) is 18.4 Å². The monoisotopic (exact) mass is 340 g/mol. The number of rotatable bonds is 3. The third kappa shape index (κ3) is 2.88. The Morgan fingerprint density at radius 3 is 2.08 bits per heavy atom. The Hall–Kier alpha value is -2.38. The van der Waals surface area contributed by atoms with E-state index in [1.54, 1.807) is 0 Å². The maximum Gasteiger partial charge on any atom is 0.416 e. The van der Waals surface area contributed by atoms with Crippen LogP contribution in [0.3, 0.4) is 0 Å². The van der Waals surface area contributed by atoms with Crippen molar-refractivity contribution in [1.82, 2.24) is 9.80 Å². The van der Waals surface area contributed by atoms with Crippen molar-refractivity contribution in [3.63, 3.8) is 0 Å². The Kier molecular flexibility index (Phi) is 4.06. The molecule has 1 saturated carbocycles. The van der Waals surface area contributed by atoms with Crippen LogP contribution >= 0.6 is 0 Å². The average molecular weight is 340 g/mol. The fraction of sp³-hybridized carbons (Fsp3) is 0.438. The molecule has 1 heterocycles. The number of urea groups is 1. The van der Waals surface area contributed by atoms with E-state index in [1.165, 1.54) is 12.1 Å². The summed E-state index contributed by atoms with van der Waals surface area (Å²) in [6, 6.07) is 3.23. The van der Waals surface area contributed by atoms with Crippen LogP contribution in [0.25, 0.3) is 0 Å². The van der Waals surface area contributed by atoms with Crippen LogP contribution in [-0.2, 0) is 22.3 Å². The van der Waals surface area contributed by atoms with Gasteiger partial charge in [-0.2, -0.15) is 13.2 Å². The van der Waals surface area contributed by atoms with Gasteiger partial charge < -0.3 is 0 Å². The lowest BCUT2D eigenvalue weighted by Crippen LogP contribution is -2.39. The highest BCUT2D eigenvalue weighted by Crippen LogP contribution is 2.30. The first kappa shape index (κ1) is 16.5. The molecule has 3 rings (SSSR count). The number of hydrogen-bond acceptors (Lipinski definition) is 3. The van der Waals surface area contributed by atoms with E-state index in [-0.39, 0.29) is 12.6 Å². The number of nitrogens with zero attached hydrogens (tertiary/aromatic N) is 2. The number of carbonyl (C=O) groups is 3. The zero-order valence-electron chi connectivity index (χ0n) is 12.7. The molecule has 0 aromatic heterocycles. The first-order valence-electron chi connectivity index (χ1n) is 7.64. The van der Waals surface area contributed by atoms with Crippen LogP contribution in [0.5, 0.6) is 0 Å². The van der Waals surface area contributed by atoms with Crippen molar-refractivity contribution in [1.29, 1.82) is 0 Å². The van der Waals surface area contributed by atoms with Crippen molar-refractivity contribution in [3.05, 3.63) is 35.4 Å². The van der Waals surface area contributed by atoms with Crippen LogP contribution in [0.4, 0.5) is 18.0 Å². The summed E-state index contributed by atoms with van der Waals surface area (Å²) in [6.45, 7) is -0.217. The van der Waals surface area contributed by atoms with Crippen molar-refractivity contribution in [2.75, 3.05) is 0 Å². The molecule has 1 aliphatic carbocycles. The molecule has 8 heteroatoms. The number of halogens is 3. The Bertz CT molecular complexity index is 679. The third-order valence-corrected chi connectivity index (χ3v) is 4.40. The molecule has 128 valence electrons. The molecule has 0 spiro atoms. The van der Waals surface area contributed by atoms with Gasteiger partial charge in [0.15, 0.2) is 0 Å². The van der Waals surface area contributed by atoms with E-state index in [1.807, 2.05) is 0 Å². The van der Waals surface area contributed by atoms with Gasteiger partial charge in [0.25, 0.3) is 0 Å². The largest absolute Gasteiger partial charge is 0.416 e. The second-order valence-corrected chi connectivity index (χ2v) is 5.98. The molecule has 1 aromatic carbocycles. The second-order valence-electron chi connectivity index (χ2n) is 5.98. The van der Waals surface area contributed by atoms with Gasteiger partial charge in [-0.25, -0.2) is 4.79 Å². The van der Waals surface area contributed by atoms with Crippen LogP contribution in [-0.4, -0.2) is 33.7 Å². The van der Waals surface area contributed by atoms with Crippen LogP contribution in [0.1, 0.15) is 36.8 Å². The van der Waals surface area contributed by atoms with E-state index in [2.05, 4.69) is 0 Å². The molecular formula is C16H15F3N2O3. The standard InChI is InChI=1S/C16H15F3N2O3/c17-16(18,19)11-7-5-10(6-8-11)9-20-13(22)14(23)21(15(20)24)12-3-1-2-4-12/h5-8,12H,1-4,9H2. The maximum atomic E-state index is 12.6. The molecule has 1 saturated heterocycles. The van der Waals surface area contributed by atoms with Crippen molar-refractivity contribution in [2.45, 2.75) is 44.4 Å². The number of alkyl halides is 3. The van der Waals surface area contributed by atoms with Gasteiger partial charge in [0.1, 0.15) is 0 Å². The van der Waals surface area contributed by atoms with Crippen LogP contribution in [0.15, 0.2) is 24.3 Å². The van der Waals surface area contributed by atoms with Gasteiger partial charge in [0.2, 0.25) is 0 Å². The summed E-state index contributed by atoms with van der Waals surface area (Å²) in [4.78, 5) is 38.3. The Labute approximate surface area is 136 Å². The Morgan fingerprint density at radius 1 is 0.958 bits per heavy atom. The molecule has 2 aliphatic rings. The van der Waals surface area contributed by atoms with E-state index in [0.717, 1.165) is 34.8 Å². The van der Waals surface area contributed by atoms with Gasteiger partial charge in [0, 0.05) is 6.04 Å². The number of amides is 4. The molecule has 0 unspecified atom stereocenters. The molecular weight excluding hydrogens is 325 g/mol. The number of benzene rings is 1. The number of imide groups is 2. The van der Waals surface area contributed by atoms with Gasteiger partial charge >= 0.3 is 24.0 Å². The van der Waals surface area contributed by atoms with E-state index in [4.69, 9.17) is 0 Å². The summed E-state index contributed by atoms with van der Waals surface area (Å²) in [5, 5.41) is 0. The van der Waals surface area contributed by atoms with Crippen molar-refractivity contribution < 1.29 is 27.6 Å². The topological polar surface area (TPSA) is 57.7 Å². The quantitative estimate of drug-likeness (QED) is 0.628. The van der Waals surface area contributed by atoms with Crippen LogP contribution in [0, 0.1) is 0 Å². The molecule has 4 amide bonds. The lowest BCUT2D eigenvalue weighted by molar-refractivity contribution is -0.144. The lowest BCUT2D eigenvalue weighted by Gasteiger charge is -2.21. The minimum atomic E-state index is -4.45. The molecule has 5 nitrogen and oxygen atoms in total. The fourth-order valence-electron chi connectivity index (χ4n) is 3.13. The lowest BCUT2D eigenvalue weighted by atomic mass is 10.1. The molecule has 24 heavy (non-hydrogen) atoms. The molecule has 0 N–H and O–H groups in total. The highest BCUT2D eigenvalue weighted by molar-refractivity contribution is 6.44. The van der Waals surface area contributed by atoms with Gasteiger partial charge in [-0.05, 0) is 30.5 Å². The Balaban J connectivity index is 1.76. The van der Waals surface area contributed by atoms with Gasteiger partial charge in [-0.3, -0.25) is 19.4 Å². The van der Waals surface area contributed by atoms with Crippen molar-refractivity contribution >= 4 is 17.8 Å². The summed E-state index contributed by atoms with van der Waals surface area (Å²) < 4.78 is 37.7. The summed E-state index contributed by atoms with van der Waals surface area (Å²) in [7, 11) is 0. The molecule has 0 radical (unpaired) electrons. The summed E-state index contributed by atoms with van der Waals surface area (Å²) in [5.41, 5.74) is -0.459. The second kappa shape index (κ2) is 5.92. The van der Waals surface area contributed by atoms with Gasteiger partial charge in [-0.1, -0.05) is 25.0 Å². The first-order valence-corrected chi connectivity index (χ1v) is 7.64. The highest BCUT2D eigenvalue weighted by atomic mass is 19.4. The SMILES string of the molecule is O=C1C(=O)N(C2CCCC2)C(=O)N1Cc1ccc(C(F)(F)F)cc1. The molecule has 0 bridgehead atoms. The molecule has 1 aliphatic heterocycles. The third-order valence-electron chi connectivity index (χ3n) is 4.40. The predicted molar refractivity (Wildman–Crippen MR) is 76.5 cm³/mol. The van der Waals surface area contributed by atoms with Crippen molar-refractivity contribution in [2.24, 2.45) is 0 Å². The molecule has 2 fully saturated rings. The van der Waals surface area contributed by atoms with E-state index >= 15 is 0 Å². The smallest absolute Gasteiger partial charge is 0.263 e. The zero-order chi connectivity index (χ0) is 17.5. The molecule has 1 aromatic rings. The summed E-state index contributed by atoms with van der Waals surface area (Å²) in [5.74, 6) is -1.77. The van der Waals surface area contributed by atoms with E-state index < -0.39 is 29.6 Å². The van der Waals surface area contributed by atoms with Crippen LogP contribution < -0.4 is 0 Å². The fourth-order valence-corrected chi connectivity index (χ4v) is 3.13. The minimum Gasteiger partial charge on any atom is -0.263 e. The predicted octanol–water partition coefficient (Wildman–Crippen LogP) is 2.94. The first-order chi connectivity index (χ1) is 11.3. The molecule has 0 atom stereocenters. The van der Waals surface area contributed by atoms with Gasteiger partial charge in [-0.15, -0.1) is 0 Å². The average Bonchev–Trinajstić information content (AvgIpc) is 3.11. The van der Waals surface area contributed by atoms with Crippen molar-refractivity contribution in [3.8, 4) is 0 Å². The summed E-state index contributed by atoms with van der Waals surface area (Å²) in [6.07, 6.45) is -1.30. The minimum absolute atomic E-state index is 0.217.